The van der Waals surface area contributed by atoms with E-state index < -0.39 is 5.97 Å². The minimum atomic E-state index is -0.907. The Morgan fingerprint density at radius 1 is 1.11 bits per heavy atom. The van der Waals surface area contributed by atoms with Crippen molar-refractivity contribution in [1.29, 1.82) is 0 Å². The highest BCUT2D eigenvalue weighted by molar-refractivity contribution is 5.98. The number of aromatic nitrogens is 1. The van der Waals surface area contributed by atoms with Crippen molar-refractivity contribution < 1.29 is 14.7 Å². The number of aryl methyl sites for hydroxylation is 1. The molecule has 138 valence electrons. The topological polar surface area (TPSA) is 62.5 Å². The summed E-state index contributed by atoms with van der Waals surface area (Å²) in [5.74, 6) is -0.487. The van der Waals surface area contributed by atoms with Crippen molar-refractivity contribution in [3.63, 3.8) is 0 Å². The zero-order valence-corrected chi connectivity index (χ0v) is 15.3. The number of rotatable bonds is 4. The van der Waals surface area contributed by atoms with Gasteiger partial charge in [-0.2, -0.15) is 0 Å². The van der Waals surface area contributed by atoms with Gasteiger partial charge in [-0.05, 0) is 48.6 Å². The van der Waals surface area contributed by atoms with Gasteiger partial charge in [0.2, 0.25) is 0 Å². The molecule has 1 fully saturated rings. The molecular formula is C22H22N2O3. The molecule has 1 atom stereocenters. The monoisotopic (exact) mass is 362 g/mol. The second-order valence-electron chi connectivity index (χ2n) is 7.26. The van der Waals surface area contributed by atoms with E-state index in [1.54, 1.807) is 18.2 Å². The zero-order chi connectivity index (χ0) is 19.0. The fourth-order valence-corrected chi connectivity index (χ4v) is 4.00. The molecule has 0 saturated carbocycles. The van der Waals surface area contributed by atoms with Crippen molar-refractivity contribution in [1.82, 2.24) is 9.47 Å². The van der Waals surface area contributed by atoms with Crippen molar-refractivity contribution in [2.24, 2.45) is 13.0 Å². The lowest BCUT2D eigenvalue weighted by molar-refractivity contribution is 0.0696. The Balaban J connectivity index is 1.47. The number of fused-ring (bicyclic) bond motifs is 1. The number of carbonyl (C=O) groups is 2. The van der Waals surface area contributed by atoms with Gasteiger partial charge in [0.1, 0.15) is 5.69 Å². The molecule has 1 amide bonds. The molecule has 5 heteroatoms. The van der Waals surface area contributed by atoms with Crippen LogP contribution in [0.5, 0.6) is 0 Å². The van der Waals surface area contributed by atoms with E-state index in [1.165, 1.54) is 0 Å². The number of nitrogens with zero attached hydrogens (tertiary/aromatic N) is 2. The Bertz CT molecular complexity index is 1020. The molecule has 27 heavy (non-hydrogen) atoms. The average molecular weight is 362 g/mol. The van der Waals surface area contributed by atoms with Crippen LogP contribution < -0.4 is 0 Å². The number of amides is 1. The molecule has 1 aliphatic heterocycles. The predicted octanol–water partition coefficient (Wildman–Crippen LogP) is 3.58. The van der Waals surface area contributed by atoms with Crippen molar-refractivity contribution in [3.05, 3.63) is 71.4 Å². The van der Waals surface area contributed by atoms with Crippen LogP contribution >= 0.6 is 0 Å². The molecule has 5 nitrogen and oxygen atoms in total. The minimum absolute atomic E-state index is 0.0653. The molecule has 1 aliphatic rings. The van der Waals surface area contributed by atoms with Crippen molar-refractivity contribution in [2.75, 3.05) is 13.1 Å². The van der Waals surface area contributed by atoms with E-state index in [0.29, 0.717) is 23.7 Å². The molecule has 1 saturated heterocycles. The first-order chi connectivity index (χ1) is 13.0. The van der Waals surface area contributed by atoms with Gasteiger partial charge >= 0.3 is 5.97 Å². The standard InChI is InChI=1S/C22H22N2O3/c1-23-19-8-3-2-6-17(19)13-20(23)21(25)24-10-9-16(14-24)11-15-5-4-7-18(12-15)22(26)27/h2-8,12-13,16H,9-11,14H2,1H3,(H,26,27). The van der Waals surface area contributed by atoms with E-state index in [1.807, 2.05) is 52.9 Å². The number of aromatic carboxylic acids is 1. The highest BCUT2D eigenvalue weighted by Gasteiger charge is 2.28. The summed E-state index contributed by atoms with van der Waals surface area (Å²) in [6, 6.07) is 17.0. The highest BCUT2D eigenvalue weighted by atomic mass is 16.4. The SMILES string of the molecule is Cn1c(C(=O)N2CCC(Cc3cccc(C(=O)O)c3)C2)cc2ccccc21. The van der Waals surface area contributed by atoms with E-state index in [0.717, 1.165) is 35.9 Å². The second-order valence-corrected chi connectivity index (χ2v) is 7.26. The van der Waals surface area contributed by atoms with Gasteiger partial charge in [-0.15, -0.1) is 0 Å². The summed E-state index contributed by atoms with van der Waals surface area (Å²) < 4.78 is 1.96. The van der Waals surface area contributed by atoms with Crippen LogP contribution in [-0.2, 0) is 13.5 Å². The molecule has 0 radical (unpaired) electrons. The number of carbonyl (C=O) groups excluding carboxylic acids is 1. The molecule has 1 aromatic heterocycles. The summed E-state index contributed by atoms with van der Waals surface area (Å²) in [6.45, 7) is 1.45. The van der Waals surface area contributed by atoms with Gasteiger partial charge in [-0.3, -0.25) is 4.79 Å². The summed E-state index contributed by atoms with van der Waals surface area (Å²) in [4.78, 5) is 26.1. The van der Waals surface area contributed by atoms with E-state index >= 15 is 0 Å². The van der Waals surface area contributed by atoms with Gasteiger partial charge in [0, 0.05) is 31.0 Å². The molecule has 1 unspecified atom stereocenters. The molecule has 0 spiro atoms. The van der Waals surface area contributed by atoms with Crippen LogP contribution in [0.1, 0.15) is 32.8 Å². The Labute approximate surface area is 157 Å². The Kier molecular flexibility index (Phi) is 4.44. The molecule has 3 aromatic rings. The van der Waals surface area contributed by atoms with Crippen LogP contribution in [0, 0.1) is 5.92 Å². The molecule has 0 bridgehead atoms. The maximum atomic E-state index is 13.0. The van der Waals surface area contributed by atoms with Crippen LogP contribution in [0.25, 0.3) is 10.9 Å². The number of hydrogen-bond acceptors (Lipinski definition) is 2. The number of hydrogen-bond donors (Lipinski definition) is 1. The third-order valence-electron chi connectivity index (χ3n) is 5.44. The Morgan fingerprint density at radius 2 is 1.93 bits per heavy atom. The molecule has 4 rings (SSSR count). The molecule has 0 aliphatic carbocycles. The van der Waals surface area contributed by atoms with Crippen molar-refractivity contribution in [3.8, 4) is 0 Å². The van der Waals surface area contributed by atoms with Crippen LogP contribution in [0.2, 0.25) is 0 Å². The van der Waals surface area contributed by atoms with Crippen LogP contribution in [0.4, 0.5) is 0 Å². The number of benzene rings is 2. The normalized spacial score (nSPS) is 16.8. The Morgan fingerprint density at radius 3 is 2.70 bits per heavy atom. The second kappa shape index (κ2) is 6.91. The van der Waals surface area contributed by atoms with E-state index in [-0.39, 0.29) is 5.91 Å². The van der Waals surface area contributed by atoms with E-state index in [9.17, 15) is 9.59 Å². The average Bonchev–Trinajstić information content (AvgIpc) is 3.26. The van der Waals surface area contributed by atoms with Gasteiger partial charge in [-0.25, -0.2) is 4.79 Å². The van der Waals surface area contributed by atoms with E-state index in [2.05, 4.69) is 0 Å². The minimum Gasteiger partial charge on any atom is -0.478 e. The number of carboxylic acid groups (broad SMARTS) is 1. The summed E-state index contributed by atoms with van der Waals surface area (Å²) in [7, 11) is 1.93. The first-order valence-electron chi connectivity index (χ1n) is 9.19. The van der Waals surface area contributed by atoms with Crippen LogP contribution in [0.3, 0.4) is 0 Å². The van der Waals surface area contributed by atoms with Gasteiger partial charge in [0.05, 0.1) is 5.56 Å². The fourth-order valence-electron chi connectivity index (χ4n) is 4.00. The van der Waals surface area contributed by atoms with Crippen molar-refractivity contribution >= 4 is 22.8 Å². The lowest BCUT2D eigenvalue weighted by atomic mass is 9.97. The summed E-state index contributed by atoms with van der Waals surface area (Å²) in [6.07, 6.45) is 1.73. The lowest BCUT2D eigenvalue weighted by Crippen LogP contribution is -2.30. The zero-order valence-electron chi connectivity index (χ0n) is 15.3. The maximum absolute atomic E-state index is 13.0. The van der Waals surface area contributed by atoms with Gasteiger partial charge in [0.25, 0.3) is 5.91 Å². The predicted molar refractivity (Wildman–Crippen MR) is 104 cm³/mol. The summed E-state index contributed by atoms with van der Waals surface area (Å²) >= 11 is 0. The number of para-hydroxylation sites is 1. The van der Waals surface area contributed by atoms with Gasteiger partial charge in [0.15, 0.2) is 0 Å². The fraction of sp³-hybridized carbons (Fsp3) is 0.273. The number of carboxylic acids is 1. The molecule has 2 aromatic carbocycles. The largest absolute Gasteiger partial charge is 0.478 e. The molecular weight excluding hydrogens is 340 g/mol. The third-order valence-corrected chi connectivity index (χ3v) is 5.44. The smallest absolute Gasteiger partial charge is 0.335 e. The van der Waals surface area contributed by atoms with Crippen LogP contribution in [0.15, 0.2) is 54.6 Å². The van der Waals surface area contributed by atoms with Gasteiger partial charge < -0.3 is 14.6 Å². The van der Waals surface area contributed by atoms with E-state index in [4.69, 9.17) is 5.11 Å². The summed E-state index contributed by atoms with van der Waals surface area (Å²) in [5, 5.41) is 10.2. The quantitative estimate of drug-likeness (QED) is 0.772. The maximum Gasteiger partial charge on any atom is 0.335 e. The third kappa shape index (κ3) is 3.33. The Hall–Kier alpha value is -3.08. The number of likely N-dealkylation sites (tertiary alicyclic amines) is 1. The van der Waals surface area contributed by atoms with Gasteiger partial charge in [-0.1, -0.05) is 30.3 Å². The van der Waals surface area contributed by atoms with Crippen LogP contribution in [-0.4, -0.2) is 39.5 Å². The first-order valence-corrected chi connectivity index (χ1v) is 9.19. The molecule has 2 heterocycles. The lowest BCUT2D eigenvalue weighted by Gasteiger charge is -2.17. The molecule has 1 N–H and O–H groups in total. The highest BCUT2D eigenvalue weighted by Crippen LogP contribution is 2.25. The first kappa shape index (κ1) is 17.3. The van der Waals surface area contributed by atoms with Crippen molar-refractivity contribution in [2.45, 2.75) is 12.8 Å². The summed E-state index contributed by atoms with van der Waals surface area (Å²) in [5.41, 5.74) is 3.10.